The standard InChI is InChI=1S/C14H23NO2/c1-5-17-13-7-6-11(9-14(13)16-4)12(15)8-10(2)3/h6-7,9-10,12H,5,8,15H2,1-4H3/t12-/m1/s1. The fourth-order valence-corrected chi connectivity index (χ4v) is 1.83. The lowest BCUT2D eigenvalue weighted by atomic mass is 9.97. The second-order valence-corrected chi connectivity index (χ2v) is 4.58. The molecule has 0 radical (unpaired) electrons. The summed E-state index contributed by atoms with van der Waals surface area (Å²) in [6.07, 6.45) is 0.969. The minimum atomic E-state index is 0.0552. The molecule has 0 saturated heterocycles. The predicted octanol–water partition coefficient (Wildman–Crippen LogP) is 3.14. The lowest BCUT2D eigenvalue weighted by Gasteiger charge is -2.17. The number of ether oxygens (including phenoxy) is 2. The maximum atomic E-state index is 6.15. The van der Waals surface area contributed by atoms with Gasteiger partial charge < -0.3 is 15.2 Å². The summed E-state index contributed by atoms with van der Waals surface area (Å²) in [6, 6.07) is 5.97. The van der Waals surface area contributed by atoms with Crippen LogP contribution >= 0.6 is 0 Å². The summed E-state index contributed by atoms with van der Waals surface area (Å²) >= 11 is 0. The van der Waals surface area contributed by atoms with Crippen LogP contribution in [0, 0.1) is 5.92 Å². The van der Waals surface area contributed by atoms with Crippen molar-refractivity contribution in [3.05, 3.63) is 23.8 Å². The van der Waals surface area contributed by atoms with Crippen molar-refractivity contribution in [2.24, 2.45) is 11.7 Å². The number of nitrogens with two attached hydrogens (primary N) is 1. The Morgan fingerprint density at radius 1 is 1.24 bits per heavy atom. The molecule has 0 spiro atoms. The van der Waals surface area contributed by atoms with Gasteiger partial charge in [0.05, 0.1) is 13.7 Å². The van der Waals surface area contributed by atoms with Crippen LogP contribution in [0.3, 0.4) is 0 Å². The summed E-state index contributed by atoms with van der Waals surface area (Å²) in [5.74, 6) is 2.11. The molecule has 0 unspecified atom stereocenters. The average Bonchev–Trinajstić information content (AvgIpc) is 2.29. The zero-order valence-electron chi connectivity index (χ0n) is 11.2. The molecule has 17 heavy (non-hydrogen) atoms. The fraction of sp³-hybridized carbons (Fsp3) is 0.571. The summed E-state index contributed by atoms with van der Waals surface area (Å²) in [5, 5.41) is 0. The zero-order valence-corrected chi connectivity index (χ0v) is 11.2. The molecule has 0 saturated carbocycles. The molecule has 0 aliphatic heterocycles. The van der Waals surface area contributed by atoms with Crippen LogP contribution in [0.15, 0.2) is 18.2 Å². The summed E-state index contributed by atoms with van der Waals surface area (Å²) in [6.45, 7) is 6.93. The van der Waals surface area contributed by atoms with Crippen molar-refractivity contribution in [1.82, 2.24) is 0 Å². The highest BCUT2D eigenvalue weighted by Crippen LogP contribution is 2.31. The lowest BCUT2D eigenvalue weighted by Crippen LogP contribution is -2.13. The van der Waals surface area contributed by atoms with E-state index >= 15 is 0 Å². The Balaban J connectivity index is 2.88. The Morgan fingerprint density at radius 3 is 2.47 bits per heavy atom. The molecule has 0 fully saturated rings. The minimum absolute atomic E-state index is 0.0552. The van der Waals surface area contributed by atoms with Crippen molar-refractivity contribution < 1.29 is 9.47 Å². The predicted molar refractivity (Wildman–Crippen MR) is 70.5 cm³/mol. The number of hydrogen-bond donors (Lipinski definition) is 1. The first-order chi connectivity index (χ1) is 8.08. The Bertz CT molecular complexity index is 350. The highest BCUT2D eigenvalue weighted by atomic mass is 16.5. The normalized spacial score (nSPS) is 12.6. The van der Waals surface area contributed by atoms with Gasteiger partial charge in [-0.1, -0.05) is 19.9 Å². The van der Waals surface area contributed by atoms with E-state index in [1.807, 2.05) is 25.1 Å². The van der Waals surface area contributed by atoms with Crippen LogP contribution in [-0.4, -0.2) is 13.7 Å². The van der Waals surface area contributed by atoms with Crippen LogP contribution in [0.1, 0.15) is 38.8 Å². The van der Waals surface area contributed by atoms with Gasteiger partial charge in [-0.3, -0.25) is 0 Å². The van der Waals surface area contributed by atoms with Crippen molar-refractivity contribution >= 4 is 0 Å². The smallest absolute Gasteiger partial charge is 0.161 e. The monoisotopic (exact) mass is 237 g/mol. The van der Waals surface area contributed by atoms with Gasteiger partial charge in [-0.15, -0.1) is 0 Å². The number of hydrogen-bond acceptors (Lipinski definition) is 3. The van der Waals surface area contributed by atoms with Crippen LogP contribution in [-0.2, 0) is 0 Å². The highest BCUT2D eigenvalue weighted by Gasteiger charge is 2.12. The number of rotatable bonds is 6. The summed E-state index contributed by atoms with van der Waals surface area (Å²) in [4.78, 5) is 0. The van der Waals surface area contributed by atoms with Crippen LogP contribution in [0.2, 0.25) is 0 Å². The average molecular weight is 237 g/mol. The maximum absolute atomic E-state index is 6.15. The molecule has 1 aromatic rings. The topological polar surface area (TPSA) is 44.5 Å². The second-order valence-electron chi connectivity index (χ2n) is 4.58. The van der Waals surface area contributed by atoms with E-state index in [1.165, 1.54) is 0 Å². The molecule has 2 N–H and O–H groups in total. The molecular formula is C14H23NO2. The van der Waals surface area contributed by atoms with E-state index in [0.717, 1.165) is 23.5 Å². The molecule has 96 valence electrons. The molecule has 1 atom stereocenters. The molecular weight excluding hydrogens is 214 g/mol. The third kappa shape index (κ3) is 3.93. The van der Waals surface area contributed by atoms with Gasteiger partial charge in [0, 0.05) is 6.04 Å². The lowest BCUT2D eigenvalue weighted by molar-refractivity contribution is 0.310. The largest absolute Gasteiger partial charge is 0.493 e. The third-order valence-electron chi connectivity index (χ3n) is 2.64. The van der Waals surface area contributed by atoms with Crippen molar-refractivity contribution in [3.63, 3.8) is 0 Å². The first kappa shape index (κ1) is 13.8. The minimum Gasteiger partial charge on any atom is -0.493 e. The third-order valence-corrected chi connectivity index (χ3v) is 2.64. The van der Waals surface area contributed by atoms with Gasteiger partial charge in [-0.2, -0.15) is 0 Å². The maximum Gasteiger partial charge on any atom is 0.161 e. The molecule has 0 amide bonds. The number of benzene rings is 1. The van der Waals surface area contributed by atoms with E-state index in [9.17, 15) is 0 Å². The molecule has 0 bridgehead atoms. The molecule has 0 aliphatic rings. The zero-order chi connectivity index (χ0) is 12.8. The molecule has 0 heterocycles. The Labute approximate surface area is 104 Å². The fourth-order valence-electron chi connectivity index (χ4n) is 1.83. The number of methoxy groups -OCH3 is 1. The van der Waals surface area contributed by atoms with E-state index < -0.39 is 0 Å². The first-order valence-electron chi connectivity index (χ1n) is 6.14. The van der Waals surface area contributed by atoms with Crippen LogP contribution in [0.25, 0.3) is 0 Å². The van der Waals surface area contributed by atoms with Crippen LogP contribution < -0.4 is 15.2 Å². The Morgan fingerprint density at radius 2 is 1.94 bits per heavy atom. The van der Waals surface area contributed by atoms with Crippen molar-refractivity contribution in [3.8, 4) is 11.5 Å². The van der Waals surface area contributed by atoms with Gasteiger partial charge in [-0.25, -0.2) is 0 Å². The van der Waals surface area contributed by atoms with Gasteiger partial charge >= 0.3 is 0 Å². The van der Waals surface area contributed by atoms with Gasteiger partial charge in [0.15, 0.2) is 11.5 Å². The van der Waals surface area contributed by atoms with Crippen molar-refractivity contribution in [1.29, 1.82) is 0 Å². The summed E-state index contributed by atoms with van der Waals surface area (Å²) < 4.78 is 10.8. The van der Waals surface area contributed by atoms with Crippen molar-refractivity contribution in [2.45, 2.75) is 33.2 Å². The highest BCUT2D eigenvalue weighted by molar-refractivity contribution is 5.43. The van der Waals surface area contributed by atoms with Gasteiger partial charge in [0.1, 0.15) is 0 Å². The van der Waals surface area contributed by atoms with Gasteiger partial charge in [0.2, 0.25) is 0 Å². The molecule has 3 heteroatoms. The SMILES string of the molecule is CCOc1ccc([C@H](N)CC(C)C)cc1OC. The van der Waals surface area contributed by atoms with Crippen molar-refractivity contribution in [2.75, 3.05) is 13.7 Å². The van der Waals surface area contributed by atoms with E-state index in [4.69, 9.17) is 15.2 Å². The van der Waals surface area contributed by atoms with E-state index in [-0.39, 0.29) is 6.04 Å². The van der Waals surface area contributed by atoms with Crippen LogP contribution in [0.4, 0.5) is 0 Å². The summed E-state index contributed by atoms with van der Waals surface area (Å²) in [7, 11) is 1.65. The molecule has 1 aromatic carbocycles. The van der Waals surface area contributed by atoms with Gasteiger partial charge in [0.25, 0.3) is 0 Å². The first-order valence-corrected chi connectivity index (χ1v) is 6.14. The summed E-state index contributed by atoms with van der Waals surface area (Å²) in [5.41, 5.74) is 7.24. The molecule has 1 rings (SSSR count). The van der Waals surface area contributed by atoms with E-state index in [1.54, 1.807) is 7.11 Å². The van der Waals surface area contributed by atoms with E-state index in [0.29, 0.717) is 12.5 Å². The molecule has 0 aliphatic carbocycles. The quantitative estimate of drug-likeness (QED) is 0.826. The Kier molecular flexibility index (Phi) is 5.29. The molecule has 0 aromatic heterocycles. The van der Waals surface area contributed by atoms with Gasteiger partial charge in [-0.05, 0) is 37.0 Å². The van der Waals surface area contributed by atoms with Crippen LogP contribution in [0.5, 0.6) is 11.5 Å². The second kappa shape index (κ2) is 6.50. The van der Waals surface area contributed by atoms with E-state index in [2.05, 4.69) is 13.8 Å². The Hall–Kier alpha value is -1.22. The molecule has 3 nitrogen and oxygen atoms in total.